The highest BCUT2D eigenvalue weighted by Gasteiger charge is 2.22. The average molecular weight is 276 g/mol. The molecule has 0 spiro atoms. The van der Waals surface area contributed by atoms with E-state index < -0.39 is 9.84 Å². The quantitative estimate of drug-likeness (QED) is 0.692. The molecule has 0 bridgehead atoms. The number of morpholine rings is 2. The van der Waals surface area contributed by atoms with Crippen LogP contribution in [0, 0.1) is 0 Å². The van der Waals surface area contributed by atoms with Gasteiger partial charge in [0.25, 0.3) is 0 Å². The molecule has 7 heteroatoms. The fraction of sp³-hybridized carbons (Fsp3) is 0.818. The van der Waals surface area contributed by atoms with Gasteiger partial charge < -0.3 is 19.3 Å². The predicted octanol–water partition coefficient (Wildman–Crippen LogP) is -0.506. The number of hydrogen-bond donors (Lipinski definition) is 0. The molecule has 6 nitrogen and oxygen atoms in total. The summed E-state index contributed by atoms with van der Waals surface area (Å²) < 4.78 is 33.7. The van der Waals surface area contributed by atoms with Crippen LogP contribution in [-0.4, -0.2) is 77.1 Å². The minimum Gasteiger partial charge on any atom is -0.378 e. The van der Waals surface area contributed by atoms with Crippen LogP contribution in [0.4, 0.5) is 0 Å². The third kappa shape index (κ3) is 3.86. The normalized spacial score (nSPS) is 21.8. The van der Waals surface area contributed by atoms with E-state index in [0.29, 0.717) is 26.4 Å². The summed E-state index contributed by atoms with van der Waals surface area (Å²) in [7, 11) is -3.15. The maximum Gasteiger partial charge on any atom is 0.172 e. The molecule has 0 amide bonds. The monoisotopic (exact) mass is 276 g/mol. The van der Waals surface area contributed by atoms with Crippen molar-refractivity contribution in [1.82, 2.24) is 9.80 Å². The van der Waals surface area contributed by atoms with Crippen molar-refractivity contribution in [2.45, 2.75) is 0 Å². The van der Waals surface area contributed by atoms with Crippen molar-refractivity contribution in [3.05, 3.63) is 11.2 Å². The van der Waals surface area contributed by atoms with Gasteiger partial charge in [0.2, 0.25) is 0 Å². The standard InChI is InChI=1S/C11H20N2O4S/c1-18(14,15)10-11(12-2-6-16-7-3-12)13-4-8-17-9-5-13/h10H,2-9H2,1H3. The lowest BCUT2D eigenvalue weighted by Gasteiger charge is -2.39. The Morgan fingerprint density at radius 3 is 1.67 bits per heavy atom. The number of hydrogen-bond acceptors (Lipinski definition) is 6. The summed E-state index contributed by atoms with van der Waals surface area (Å²) in [5, 5.41) is 1.36. The van der Waals surface area contributed by atoms with Gasteiger partial charge in [0.1, 0.15) is 5.82 Å². The number of ether oxygens (including phenoxy) is 2. The van der Waals surface area contributed by atoms with Gasteiger partial charge in [-0.1, -0.05) is 0 Å². The van der Waals surface area contributed by atoms with E-state index >= 15 is 0 Å². The Kier molecular flexibility index (Phi) is 4.47. The molecule has 0 saturated carbocycles. The zero-order valence-corrected chi connectivity index (χ0v) is 11.5. The molecule has 0 N–H and O–H groups in total. The second-order valence-electron chi connectivity index (χ2n) is 4.50. The summed E-state index contributed by atoms with van der Waals surface area (Å²) >= 11 is 0. The van der Waals surface area contributed by atoms with Gasteiger partial charge >= 0.3 is 0 Å². The van der Waals surface area contributed by atoms with E-state index in [4.69, 9.17) is 9.47 Å². The first-order valence-corrected chi connectivity index (χ1v) is 8.09. The molecular formula is C11H20N2O4S. The Hall–Kier alpha value is -0.790. The van der Waals surface area contributed by atoms with Crippen molar-refractivity contribution in [3.8, 4) is 0 Å². The van der Waals surface area contributed by atoms with E-state index in [1.807, 2.05) is 0 Å². The predicted molar refractivity (Wildman–Crippen MR) is 67.7 cm³/mol. The molecule has 0 aromatic carbocycles. The van der Waals surface area contributed by atoms with Crippen molar-refractivity contribution in [2.24, 2.45) is 0 Å². The first-order valence-electron chi connectivity index (χ1n) is 6.13. The second kappa shape index (κ2) is 5.90. The fourth-order valence-corrected chi connectivity index (χ4v) is 2.81. The van der Waals surface area contributed by atoms with Gasteiger partial charge in [0.15, 0.2) is 9.84 Å². The van der Waals surface area contributed by atoms with Crippen LogP contribution in [0.5, 0.6) is 0 Å². The molecule has 0 aromatic rings. The lowest BCUT2D eigenvalue weighted by Crippen LogP contribution is -2.46. The highest BCUT2D eigenvalue weighted by Crippen LogP contribution is 2.16. The summed E-state index contributed by atoms with van der Waals surface area (Å²) in [6.07, 6.45) is 1.23. The Bertz CT molecular complexity index is 375. The molecule has 2 aliphatic heterocycles. The molecule has 18 heavy (non-hydrogen) atoms. The van der Waals surface area contributed by atoms with Crippen molar-refractivity contribution in [2.75, 3.05) is 58.9 Å². The lowest BCUT2D eigenvalue weighted by atomic mass is 10.3. The largest absolute Gasteiger partial charge is 0.378 e. The smallest absolute Gasteiger partial charge is 0.172 e. The van der Waals surface area contributed by atoms with E-state index in [2.05, 4.69) is 9.80 Å². The molecule has 0 unspecified atom stereocenters. The molecule has 2 heterocycles. The molecule has 0 radical (unpaired) electrons. The van der Waals surface area contributed by atoms with Crippen LogP contribution in [0.3, 0.4) is 0 Å². The van der Waals surface area contributed by atoms with E-state index in [1.165, 1.54) is 11.7 Å². The zero-order valence-electron chi connectivity index (χ0n) is 10.7. The molecule has 2 saturated heterocycles. The minimum atomic E-state index is -3.15. The molecular weight excluding hydrogens is 256 g/mol. The van der Waals surface area contributed by atoms with Gasteiger partial charge in [-0.15, -0.1) is 0 Å². The fourth-order valence-electron chi connectivity index (χ4n) is 2.13. The van der Waals surface area contributed by atoms with Crippen LogP contribution >= 0.6 is 0 Å². The molecule has 104 valence electrons. The highest BCUT2D eigenvalue weighted by atomic mass is 32.2. The van der Waals surface area contributed by atoms with Crippen LogP contribution in [0.25, 0.3) is 0 Å². The zero-order chi connectivity index (χ0) is 13.0. The SMILES string of the molecule is CS(=O)(=O)C=C(N1CCOCC1)N1CCOCC1. The minimum absolute atomic E-state index is 0.644. The van der Waals surface area contributed by atoms with Gasteiger partial charge in [-0.05, 0) is 0 Å². The molecule has 0 aliphatic carbocycles. The van der Waals surface area contributed by atoms with Gasteiger partial charge in [-0.25, -0.2) is 8.42 Å². The van der Waals surface area contributed by atoms with E-state index in [-0.39, 0.29) is 0 Å². The van der Waals surface area contributed by atoms with Crippen molar-refractivity contribution in [1.29, 1.82) is 0 Å². The van der Waals surface area contributed by atoms with Crippen LogP contribution in [-0.2, 0) is 19.3 Å². The van der Waals surface area contributed by atoms with Crippen LogP contribution in [0.1, 0.15) is 0 Å². The summed E-state index contributed by atoms with van der Waals surface area (Å²) in [4.78, 5) is 4.16. The lowest BCUT2D eigenvalue weighted by molar-refractivity contribution is 0.00890. The van der Waals surface area contributed by atoms with E-state index in [1.54, 1.807) is 0 Å². The maximum atomic E-state index is 11.5. The first kappa shape index (κ1) is 13.6. The number of rotatable bonds is 3. The molecule has 0 aromatic heterocycles. The number of sulfone groups is 1. The average Bonchev–Trinajstić information content (AvgIpc) is 2.37. The Balaban J connectivity index is 2.18. The van der Waals surface area contributed by atoms with E-state index in [9.17, 15) is 8.42 Å². The van der Waals surface area contributed by atoms with Crippen molar-refractivity contribution >= 4 is 9.84 Å². The Morgan fingerprint density at radius 1 is 0.944 bits per heavy atom. The van der Waals surface area contributed by atoms with Gasteiger partial charge in [0.05, 0.1) is 31.8 Å². The van der Waals surface area contributed by atoms with Crippen LogP contribution in [0.15, 0.2) is 11.2 Å². The van der Waals surface area contributed by atoms with Crippen molar-refractivity contribution in [3.63, 3.8) is 0 Å². The molecule has 2 aliphatic rings. The summed E-state index contributed by atoms with van der Waals surface area (Å²) in [6.45, 7) is 5.52. The van der Waals surface area contributed by atoms with Crippen LogP contribution < -0.4 is 0 Å². The molecule has 0 atom stereocenters. The Morgan fingerprint density at radius 2 is 1.33 bits per heavy atom. The molecule has 2 fully saturated rings. The summed E-state index contributed by atoms with van der Waals surface area (Å²) in [5.41, 5.74) is 0. The highest BCUT2D eigenvalue weighted by molar-refractivity contribution is 7.93. The molecule has 2 rings (SSSR count). The summed E-state index contributed by atoms with van der Waals surface area (Å²) in [6, 6.07) is 0. The second-order valence-corrected chi connectivity index (χ2v) is 6.40. The van der Waals surface area contributed by atoms with E-state index in [0.717, 1.165) is 32.0 Å². The number of nitrogens with zero attached hydrogens (tertiary/aromatic N) is 2. The van der Waals surface area contributed by atoms with Crippen molar-refractivity contribution < 1.29 is 17.9 Å². The van der Waals surface area contributed by atoms with Gasteiger partial charge in [-0.2, -0.15) is 0 Å². The first-order chi connectivity index (χ1) is 8.56. The summed E-state index contributed by atoms with van der Waals surface area (Å²) in [5.74, 6) is 0.782. The van der Waals surface area contributed by atoms with Gasteiger partial charge in [-0.3, -0.25) is 0 Å². The third-order valence-electron chi connectivity index (χ3n) is 2.99. The third-order valence-corrected chi connectivity index (χ3v) is 3.63. The Labute approximate surface area is 108 Å². The van der Waals surface area contributed by atoms with Crippen LogP contribution in [0.2, 0.25) is 0 Å². The van der Waals surface area contributed by atoms with Gasteiger partial charge in [0, 0.05) is 32.4 Å². The maximum absolute atomic E-state index is 11.5. The topological polar surface area (TPSA) is 59.1 Å².